The lowest BCUT2D eigenvalue weighted by atomic mass is 9.95. The standard InChI is InChI=1S/C13H24N2O2/c1-2-17-12-5-9-15(10-6-12)13(16)11-3-7-14-8-4-11/h11-12,14H,2-10H2,1H3. The molecule has 2 aliphatic heterocycles. The molecule has 2 heterocycles. The maximum Gasteiger partial charge on any atom is 0.225 e. The summed E-state index contributed by atoms with van der Waals surface area (Å²) in [7, 11) is 0. The van der Waals surface area contributed by atoms with Crippen molar-refractivity contribution in [1.82, 2.24) is 10.2 Å². The van der Waals surface area contributed by atoms with Crippen LogP contribution in [0.5, 0.6) is 0 Å². The molecule has 1 N–H and O–H groups in total. The van der Waals surface area contributed by atoms with E-state index in [0.29, 0.717) is 12.0 Å². The molecule has 98 valence electrons. The second-order valence-electron chi connectivity index (χ2n) is 5.00. The van der Waals surface area contributed by atoms with Gasteiger partial charge in [0.05, 0.1) is 6.10 Å². The van der Waals surface area contributed by atoms with Crippen LogP contribution in [-0.4, -0.2) is 49.7 Å². The van der Waals surface area contributed by atoms with Crippen molar-refractivity contribution in [3.63, 3.8) is 0 Å². The summed E-state index contributed by atoms with van der Waals surface area (Å²) in [5.74, 6) is 0.640. The molecule has 4 heteroatoms. The fourth-order valence-corrected chi connectivity index (χ4v) is 2.81. The number of nitrogens with one attached hydrogen (secondary N) is 1. The van der Waals surface area contributed by atoms with Crippen LogP contribution < -0.4 is 5.32 Å². The zero-order chi connectivity index (χ0) is 12.1. The van der Waals surface area contributed by atoms with Crippen molar-refractivity contribution in [3.05, 3.63) is 0 Å². The largest absolute Gasteiger partial charge is 0.378 e. The van der Waals surface area contributed by atoms with Crippen LogP contribution in [0.1, 0.15) is 32.6 Å². The second kappa shape index (κ2) is 6.36. The Morgan fingerprint density at radius 3 is 2.47 bits per heavy atom. The summed E-state index contributed by atoms with van der Waals surface area (Å²) in [6.45, 7) is 6.57. The molecule has 2 rings (SSSR count). The van der Waals surface area contributed by atoms with Gasteiger partial charge in [-0.15, -0.1) is 0 Å². The number of carbonyl (C=O) groups excluding carboxylic acids is 1. The van der Waals surface area contributed by atoms with Crippen LogP contribution in [0.4, 0.5) is 0 Å². The minimum Gasteiger partial charge on any atom is -0.378 e. The van der Waals surface area contributed by atoms with Crippen molar-refractivity contribution in [1.29, 1.82) is 0 Å². The molecule has 0 atom stereocenters. The highest BCUT2D eigenvalue weighted by Gasteiger charge is 2.28. The number of nitrogens with zero attached hydrogens (tertiary/aromatic N) is 1. The number of likely N-dealkylation sites (tertiary alicyclic amines) is 1. The SMILES string of the molecule is CCOC1CCN(C(=O)C2CCNCC2)CC1. The first-order valence-electron chi connectivity index (χ1n) is 6.92. The number of hydrogen-bond donors (Lipinski definition) is 1. The molecule has 0 saturated carbocycles. The van der Waals surface area contributed by atoms with Gasteiger partial charge in [0.1, 0.15) is 0 Å². The highest BCUT2D eigenvalue weighted by atomic mass is 16.5. The summed E-state index contributed by atoms with van der Waals surface area (Å²) in [5.41, 5.74) is 0. The second-order valence-corrected chi connectivity index (χ2v) is 5.00. The van der Waals surface area contributed by atoms with Crippen LogP contribution in [0.15, 0.2) is 0 Å². The van der Waals surface area contributed by atoms with Crippen molar-refractivity contribution in [2.75, 3.05) is 32.8 Å². The third-order valence-corrected chi connectivity index (χ3v) is 3.84. The fourth-order valence-electron chi connectivity index (χ4n) is 2.81. The monoisotopic (exact) mass is 240 g/mol. The Balaban J connectivity index is 1.77. The van der Waals surface area contributed by atoms with E-state index in [1.54, 1.807) is 0 Å². The lowest BCUT2D eigenvalue weighted by Gasteiger charge is -2.35. The van der Waals surface area contributed by atoms with Crippen LogP contribution >= 0.6 is 0 Å². The van der Waals surface area contributed by atoms with E-state index in [1.165, 1.54) is 0 Å². The van der Waals surface area contributed by atoms with E-state index in [-0.39, 0.29) is 5.92 Å². The normalized spacial score (nSPS) is 23.9. The van der Waals surface area contributed by atoms with Crippen molar-refractivity contribution < 1.29 is 9.53 Å². The number of amides is 1. The third kappa shape index (κ3) is 3.42. The van der Waals surface area contributed by atoms with E-state index in [1.807, 2.05) is 11.8 Å². The van der Waals surface area contributed by atoms with Gasteiger partial charge in [0.15, 0.2) is 0 Å². The molecule has 17 heavy (non-hydrogen) atoms. The van der Waals surface area contributed by atoms with E-state index in [2.05, 4.69) is 5.32 Å². The van der Waals surface area contributed by atoms with Gasteiger partial charge in [-0.05, 0) is 45.7 Å². The Morgan fingerprint density at radius 2 is 1.88 bits per heavy atom. The fraction of sp³-hybridized carbons (Fsp3) is 0.923. The van der Waals surface area contributed by atoms with Gasteiger partial charge in [-0.2, -0.15) is 0 Å². The van der Waals surface area contributed by atoms with E-state index in [9.17, 15) is 4.79 Å². The van der Waals surface area contributed by atoms with Gasteiger partial charge in [0, 0.05) is 25.6 Å². The molecule has 0 spiro atoms. The van der Waals surface area contributed by atoms with Gasteiger partial charge >= 0.3 is 0 Å². The molecule has 0 bridgehead atoms. The van der Waals surface area contributed by atoms with Crippen molar-refractivity contribution >= 4 is 5.91 Å². The van der Waals surface area contributed by atoms with Crippen molar-refractivity contribution in [2.45, 2.75) is 38.7 Å². The minimum absolute atomic E-state index is 0.264. The van der Waals surface area contributed by atoms with Gasteiger partial charge < -0.3 is 15.0 Å². The maximum atomic E-state index is 12.3. The van der Waals surface area contributed by atoms with E-state index >= 15 is 0 Å². The number of piperidine rings is 2. The summed E-state index contributed by atoms with van der Waals surface area (Å²) in [5, 5.41) is 3.31. The van der Waals surface area contributed by atoms with E-state index in [0.717, 1.165) is 58.5 Å². The molecule has 0 aromatic rings. The molecule has 2 saturated heterocycles. The quantitative estimate of drug-likeness (QED) is 0.800. The first kappa shape index (κ1) is 12.8. The average molecular weight is 240 g/mol. The van der Waals surface area contributed by atoms with Gasteiger partial charge in [0.25, 0.3) is 0 Å². The Hall–Kier alpha value is -0.610. The van der Waals surface area contributed by atoms with Crippen LogP contribution in [0, 0.1) is 5.92 Å². The molecule has 4 nitrogen and oxygen atoms in total. The smallest absolute Gasteiger partial charge is 0.225 e. The van der Waals surface area contributed by atoms with Gasteiger partial charge in [-0.1, -0.05) is 0 Å². The first-order chi connectivity index (χ1) is 8.31. The third-order valence-electron chi connectivity index (χ3n) is 3.84. The minimum atomic E-state index is 0.264. The summed E-state index contributed by atoms with van der Waals surface area (Å²) in [6, 6.07) is 0. The van der Waals surface area contributed by atoms with E-state index in [4.69, 9.17) is 4.74 Å². The maximum absolute atomic E-state index is 12.3. The number of ether oxygens (including phenoxy) is 1. The summed E-state index contributed by atoms with van der Waals surface area (Å²) < 4.78 is 5.61. The molecular formula is C13H24N2O2. The summed E-state index contributed by atoms with van der Waals surface area (Å²) >= 11 is 0. The molecular weight excluding hydrogens is 216 g/mol. The Bertz CT molecular complexity index is 244. The van der Waals surface area contributed by atoms with E-state index < -0.39 is 0 Å². The number of rotatable bonds is 3. The van der Waals surface area contributed by atoms with Crippen molar-refractivity contribution in [2.24, 2.45) is 5.92 Å². The predicted octanol–water partition coefficient (Wildman–Crippen LogP) is 1.01. The molecule has 0 radical (unpaired) electrons. The lowest BCUT2D eigenvalue weighted by Crippen LogP contribution is -2.45. The van der Waals surface area contributed by atoms with Gasteiger partial charge in [0.2, 0.25) is 5.91 Å². The molecule has 0 unspecified atom stereocenters. The molecule has 0 aromatic heterocycles. The zero-order valence-electron chi connectivity index (χ0n) is 10.8. The summed E-state index contributed by atoms with van der Waals surface area (Å²) in [4.78, 5) is 14.3. The Morgan fingerprint density at radius 1 is 1.24 bits per heavy atom. The first-order valence-corrected chi connectivity index (χ1v) is 6.92. The molecule has 1 amide bonds. The topological polar surface area (TPSA) is 41.6 Å². The predicted molar refractivity (Wildman–Crippen MR) is 66.8 cm³/mol. The molecule has 0 aliphatic carbocycles. The zero-order valence-corrected chi connectivity index (χ0v) is 10.8. The van der Waals surface area contributed by atoms with Crippen LogP contribution in [0.25, 0.3) is 0 Å². The van der Waals surface area contributed by atoms with Gasteiger partial charge in [-0.3, -0.25) is 4.79 Å². The molecule has 2 aliphatic rings. The highest BCUT2D eigenvalue weighted by Crippen LogP contribution is 2.20. The highest BCUT2D eigenvalue weighted by molar-refractivity contribution is 5.79. The van der Waals surface area contributed by atoms with Crippen LogP contribution in [0.2, 0.25) is 0 Å². The Kier molecular flexibility index (Phi) is 4.80. The van der Waals surface area contributed by atoms with Crippen LogP contribution in [-0.2, 0) is 9.53 Å². The average Bonchev–Trinajstić information content (AvgIpc) is 2.40. The molecule has 0 aromatic carbocycles. The van der Waals surface area contributed by atoms with Gasteiger partial charge in [-0.25, -0.2) is 0 Å². The summed E-state index contributed by atoms with van der Waals surface area (Å²) in [6.07, 6.45) is 4.39. The Labute approximate surface area is 104 Å². The molecule has 2 fully saturated rings. The number of carbonyl (C=O) groups is 1. The van der Waals surface area contributed by atoms with Crippen molar-refractivity contribution in [3.8, 4) is 0 Å². The van der Waals surface area contributed by atoms with Crippen LogP contribution in [0.3, 0.4) is 0 Å². The number of hydrogen-bond acceptors (Lipinski definition) is 3. The lowest BCUT2D eigenvalue weighted by molar-refractivity contribution is -0.138.